The fourth-order valence-electron chi connectivity index (χ4n) is 4.09. The summed E-state index contributed by atoms with van der Waals surface area (Å²) in [6.07, 6.45) is 0. The Bertz CT molecular complexity index is 1280. The van der Waals surface area contributed by atoms with Gasteiger partial charge in [0.1, 0.15) is 17.2 Å². The third kappa shape index (κ3) is 4.13. The minimum Gasteiger partial charge on any atom is -0.507 e. The summed E-state index contributed by atoms with van der Waals surface area (Å²) in [6, 6.07) is 20.4. The Balaban J connectivity index is 1.82. The van der Waals surface area contributed by atoms with Gasteiger partial charge < -0.3 is 25.0 Å². The van der Waals surface area contributed by atoms with E-state index >= 15 is 0 Å². The minimum atomic E-state index is 0.0854. The molecule has 0 unspecified atom stereocenters. The molecular formula is C29H29NO4. The van der Waals surface area contributed by atoms with Gasteiger partial charge in [-0.25, -0.2) is 0 Å². The van der Waals surface area contributed by atoms with Crippen molar-refractivity contribution in [1.82, 2.24) is 0 Å². The van der Waals surface area contributed by atoms with Crippen LogP contribution in [-0.4, -0.2) is 15.3 Å². The van der Waals surface area contributed by atoms with E-state index in [-0.39, 0.29) is 17.2 Å². The van der Waals surface area contributed by atoms with Crippen LogP contribution in [-0.2, 0) is 0 Å². The van der Waals surface area contributed by atoms with Crippen molar-refractivity contribution in [2.75, 3.05) is 4.90 Å². The lowest BCUT2D eigenvalue weighted by Gasteiger charge is -2.29. The number of hydrogen-bond donors (Lipinski definition) is 3. The number of anilines is 3. The van der Waals surface area contributed by atoms with Gasteiger partial charge in [0, 0.05) is 16.8 Å². The Morgan fingerprint density at radius 3 is 1.62 bits per heavy atom. The molecule has 0 aliphatic carbocycles. The summed E-state index contributed by atoms with van der Waals surface area (Å²) in [5.41, 5.74) is 6.35. The Kier molecular flexibility index (Phi) is 6.12. The number of benzene rings is 4. The largest absolute Gasteiger partial charge is 0.507 e. The second-order valence-corrected chi connectivity index (χ2v) is 8.60. The summed E-state index contributed by atoms with van der Waals surface area (Å²) in [6.45, 7) is 9.38. The number of hydrogen-bond acceptors (Lipinski definition) is 5. The molecule has 4 aromatic rings. The molecule has 0 heterocycles. The molecule has 0 radical (unpaired) electrons. The van der Waals surface area contributed by atoms with Crippen LogP contribution in [0.4, 0.5) is 17.1 Å². The first-order valence-corrected chi connectivity index (χ1v) is 11.1. The molecule has 0 fully saturated rings. The van der Waals surface area contributed by atoms with Crippen molar-refractivity contribution >= 4 is 17.1 Å². The molecule has 0 aliphatic heterocycles. The maximum absolute atomic E-state index is 10.6. The molecule has 0 spiro atoms. The van der Waals surface area contributed by atoms with Crippen LogP contribution in [0.1, 0.15) is 27.8 Å². The van der Waals surface area contributed by atoms with Gasteiger partial charge in [0.25, 0.3) is 0 Å². The van der Waals surface area contributed by atoms with E-state index < -0.39 is 0 Å². The van der Waals surface area contributed by atoms with Crippen molar-refractivity contribution in [2.24, 2.45) is 0 Å². The summed E-state index contributed by atoms with van der Waals surface area (Å²) >= 11 is 0. The van der Waals surface area contributed by atoms with Gasteiger partial charge in [0.2, 0.25) is 0 Å². The highest BCUT2D eigenvalue weighted by molar-refractivity contribution is 5.82. The average molecular weight is 456 g/mol. The lowest BCUT2D eigenvalue weighted by molar-refractivity contribution is 0.409. The second kappa shape index (κ2) is 9.02. The lowest BCUT2D eigenvalue weighted by atomic mass is 10.0. The van der Waals surface area contributed by atoms with E-state index in [0.717, 1.165) is 44.9 Å². The zero-order valence-electron chi connectivity index (χ0n) is 20.0. The first-order chi connectivity index (χ1) is 16.2. The number of phenols is 3. The molecule has 34 heavy (non-hydrogen) atoms. The summed E-state index contributed by atoms with van der Waals surface area (Å²) in [4.78, 5) is 2.01. The van der Waals surface area contributed by atoms with E-state index in [1.165, 1.54) is 0 Å². The molecule has 3 N–H and O–H groups in total. The molecule has 0 saturated carbocycles. The minimum absolute atomic E-state index is 0.0854. The van der Waals surface area contributed by atoms with Crippen LogP contribution in [0.25, 0.3) is 0 Å². The van der Waals surface area contributed by atoms with Crippen molar-refractivity contribution in [3.8, 4) is 28.7 Å². The van der Waals surface area contributed by atoms with Crippen molar-refractivity contribution in [2.45, 2.75) is 34.6 Å². The number of ether oxygens (including phenoxy) is 1. The molecule has 0 amide bonds. The van der Waals surface area contributed by atoms with Crippen molar-refractivity contribution in [3.63, 3.8) is 0 Å². The van der Waals surface area contributed by atoms with Gasteiger partial charge >= 0.3 is 0 Å². The topological polar surface area (TPSA) is 73.2 Å². The van der Waals surface area contributed by atoms with E-state index in [4.69, 9.17) is 4.74 Å². The maximum atomic E-state index is 10.6. The lowest BCUT2D eigenvalue weighted by Crippen LogP contribution is -2.13. The van der Waals surface area contributed by atoms with Crippen LogP contribution in [0, 0.1) is 34.6 Å². The predicted molar refractivity (Wildman–Crippen MR) is 136 cm³/mol. The Morgan fingerprint density at radius 2 is 1.12 bits per heavy atom. The average Bonchev–Trinajstić information content (AvgIpc) is 2.82. The van der Waals surface area contributed by atoms with Gasteiger partial charge in [-0.1, -0.05) is 24.3 Å². The number of para-hydroxylation sites is 1. The summed E-state index contributed by atoms with van der Waals surface area (Å²) in [5, 5.41) is 31.4. The zero-order valence-corrected chi connectivity index (χ0v) is 20.0. The highest BCUT2D eigenvalue weighted by atomic mass is 16.5. The molecular weight excluding hydrogens is 426 g/mol. The van der Waals surface area contributed by atoms with Gasteiger partial charge in [-0.05, 0) is 93.8 Å². The number of nitrogens with zero attached hydrogens (tertiary/aromatic N) is 1. The van der Waals surface area contributed by atoms with Gasteiger partial charge in [0.05, 0.1) is 11.4 Å². The SMILES string of the molecule is Cc1ccc(N(c2ccc(Oc3c(C)cccc3O)cc2)c2ccc(C)c(O)c2C)c(C)c1O. The fraction of sp³-hybridized carbons (Fsp3) is 0.172. The van der Waals surface area contributed by atoms with Crippen molar-refractivity contribution < 1.29 is 20.1 Å². The summed E-state index contributed by atoms with van der Waals surface area (Å²) in [5.74, 6) is 1.58. The van der Waals surface area contributed by atoms with E-state index in [1.54, 1.807) is 12.1 Å². The van der Waals surface area contributed by atoms with Crippen molar-refractivity contribution in [3.05, 3.63) is 94.5 Å². The third-order valence-electron chi connectivity index (χ3n) is 6.20. The Hall–Kier alpha value is -4.12. The first-order valence-electron chi connectivity index (χ1n) is 11.1. The molecule has 4 aromatic carbocycles. The smallest absolute Gasteiger partial charge is 0.171 e. The number of aryl methyl sites for hydroxylation is 3. The first kappa shape index (κ1) is 23.1. The van der Waals surface area contributed by atoms with Crippen LogP contribution >= 0.6 is 0 Å². The Morgan fingerprint density at radius 1 is 0.588 bits per heavy atom. The molecule has 5 heteroatoms. The van der Waals surface area contributed by atoms with Crippen molar-refractivity contribution in [1.29, 1.82) is 0 Å². The highest BCUT2D eigenvalue weighted by Crippen LogP contribution is 2.44. The molecule has 0 atom stereocenters. The molecule has 0 bridgehead atoms. The van der Waals surface area contributed by atoms with E-state index in [9.17, 15) is 15.3 Å². The number of rotatable bonds is 5. The van der Waals surface area contributed by atoms with Gasteiger partial charge in [0.15, 0.2) is 11.5 Å². The second-order valence-electron chi connectivity index (χ2n) is 8.60. The molecule has 0 aromatic heterocycles. The molecule has 0 aliphatic rings. The fourth-order valence-corrected chi connectivity index (χ4v) is 4.09. The molecule has 4 rings (SSSR count). The normalized spacial score (nSPS) is 10.9. The predicted octanol–water partition coefficient (Wildman–Crippen LogP) is 7.61. The quantitative estimate of drug-likeness (QED) is 0.289. The summed E-state index contributed by atoms with van der Waals surface area (Å²) < 4.78 is 5.95. The standard InChI is InChI=1S/C29H29NO4/c1-17-9-15-24(20(4)27(17)32)30(25-16-10-18(2)28(33)21(25)5)22-11-13-23(14-12-22)34-29-19(3)7-6-8-26(29)31/h6-16,31-33H,1-5H3. The molecule has 0 saturated heterocycles. The monoisotopic (exact) mass is 455 g/mol. The molecule has 174 valence electrons. The van der Waals surface area contributed by atoms with Crippen LogP contribution < -0.4 is 9.64 Å². The van der Waals surface area contributed by atoms with Gasteiger partial charge in [-0.3, -0.25) is 0 Å². The maximum Gasteiger partial charge on any atom is 0.171 e. The Labute approximate surface area is 200 Å². The van der Waals surface area contributed by atoms with Crippen LogP contribution in [0.15, 0.2) is 66.7 Å². The number of phenolic OH excluding ortho intramolecular Hbond substituents is 3. The third-order valence-corrected chi connectivity index (χ3v) is 6.20. The summed E-state index contributed by atoms with van der Waals surface area (Å²) in [7, 11) is 0. The van der Waals surface area contributed by atoms with Crippen LogP contribution in [0.3, 0.4) is 0 Å². The zero-order chi connectivity index (χ0) is 24.6. The van der Waals surface area contributed by atoms with E-state index in [1.807, 2.05) is 94.1 Å². The van der Waals surface area contributed by atoms with E-state index in [2.05, 4.69) is 0 Å². The van der Waals surface area contributed by atoms with Crippen LogP contribution in [0.2, 0.25) is 0 Å². The van der Waals surface area contributed by atoms with Crippen LogP contribution in [0.5, 0.6) is 28.7 Å². The number of aromatic hydroxyl groups is 3. The highest BCUT2D eigenvalue weighted by Gasteiger charge is 2.21. The van der Waals surface area contributed by atoms with Gasteiger partial charge in [-0.2, -0.15) is 0 Å². The van der Waals surface area contributed by atoms with Gasteiger partial charge in [-0.15, -0.1) is 0 Å². The van der Waals surface area contributed by atoms with E-state index in [0.29, 0.717) is 11.5 Å². The molecule has 5 nitrogen and oxygen atoms in total.